The molecular formula is C16H14N6O3. The smallest absolute Gasteiger partial charge is 0.282 e. The Morgan fingerprint density at radius 3 is 2.64 bits per heavy atom. The summed E-state index contributed by atoms with van der Waals surface area (Å²) in [4.78, 5) is 35.1. The summed E-state index contributed by atoms with van der Waals surface area (Å²) in [5.74, 6) is 0.572. The molecule has 2 heterocycles. The van der Waals surface area contributed by atoms with Gasteiger partial charge in [0.25, 0.3) is 11.6 Å². The van der Waals surface area contributed by atoms with Gasteiger partial charge in [-0.1, -0.05) is 12.1 Å². The molecule has 0 radical (unpaired) electrons. The van der Waals surface area contributed by atoms with Gasteiger partial charge in [-0.2, -0.15) is 0 Å². The lowest BCUT2D eigenvalue weighted by atomic mass is 10.1. The SMILES string of the molecule is O=C(NCCn1ccnc1-c1ncccn1)c1ccccc1[N+](=O)[O-]. The van der Waals surface area contributed by atoms with Gasteiger partial charge in [0.2, 0.25) is 0 Å². The van der Waals surface area contributed by atoms with E-state index in [4.69, 9.17) is 0 Å². The molecule has 0 saturated heterocycles. The average Bonchev–Trinajstić information content (AvgIpc) is 3.11. The zero-order valence-corrected chi connectivity index (χ0v) is 13.1. The molecule has 3 rings (SSSR count). The second kappa shape index (κ2) is 7.30. The summed E-state index contributed by atoms with van der Waals surface area (Å²) in [6.07, 6.45) is 6.62. The first kappa shape index (κ1) is 16.2. The third-order valence-electron chi connectivity index (χ3n) is 3.46. The second-order valence-corrected chi connectivity index (χ2v) is 5.05. The number of hydrogen-bond donors (Lipinski definition) is 1. The third-order valence-corrected chi connectivity index (χ3v) is 3.46. The molecule has 1 amide bonds. The lowest BCUT2D eigenvalue weighted by Gasteiger charge is -2.08. The normalized spacial score (nSPS) is 10.4. The van der Waals surface area contributed by atoms with Gasteiger partial charge in [-0.3, -0.25) is 14.9 Å². The van der Waals surface area contributed by atoms with E-state index >= 15 is 0 Å². The maximum Gasteiger partial charge on any atom is 0.282 e. The number of nitrogens with zero attached hydrogens (tertiary/aromatic N) is 5. The Labute approximate surface area is 142 Å². The molecule has 0 aliphatic rings. The standard InChI is InChI=1S/C16H14N6O3/c23-16(12-4-1-2-5-13(12)22(24)25)20-9-11-21-10-8-19-15(21)14-17-6-3-7-18-14/h1-8,10H,9,11H2,(H,20,23). The van der Waals surface area contributed by atoms with Crippen LogP contribution >= 0.6 is 0 Å². The van der Waals surface area contributed by atoms with Gasteiger partial charge < -0.3 is 9.88 Å². The first-order valence-corrected chi connectivity index (χ1v) is 7.47. The lowest BCUT2D eigenvalue weighted by Crippen LogP contribution is -2.27. The van der Waals surface area contributed by atoms with Gasteiger partial charge >= 0.3 is 0 Å². The molecule has 1 N–H and O–H groups in total. The fourth-order valence-corrected chi connectivity index (χ4v) is 2.32. The number of carbonyl (C=O) groups is 1. The van der Waals surface area contributed by atoms with Gasteiger partial charge in [0.1, 0.15) is 5.56 Å². The first-order chi connectivity index (χ1) is 12.2. The summed E-state index contributed by atoms with van der Waals surface area (Å²) in [5.41, 5.74) is -0.189. The number of hydrogen-bond acceptors (Lipinski definition) is 6. The van der Waals surface area contributed by atoms with Crippen LogP contribution in [0.1, 0.15) is 10.4 Å². The highest BCUT2D eigenvalue weighted by Crippen LogP contribution is 2.17. The number of imidazole rings is 1. The van der Waals surface area contributed by atoms with E-state index in [1.54, 1.807) is 41.5 Å². The van der Waals surface area contributed by atoms with Crippen LogP contribution in [-0.4, -0.2) is 36.9 Å². The van der Waals surface area contributed by atoms with Crippen LogP contribution < -0.4 is 5.32 Å². The maximum atomic E-state index is 12.2. The highest BCUT2D eigenvalue weighted by atomic mass is 16.6. The molecule has 0 aliphatic carbocycles. The number of nitro groups is 1. The third kappa shape index (κ3) is 3.66. The number of benzene rings is 1. The van der Waals surface area contributed by atoms with E-state index in [2.05, 4.69) is 20.3 Å². The van der Waals surface area contributed by atoms with Crippen molar-refractivity contribution in [3.8, 4) is 11.6 Å². The average molecular weight is 338 g/mol. The highest BCUT2D eigenvalue weighted by Gasteiger charge is 2.18. The zero-order valence-electron chi connectivity index (χ0n) is 13.1. The highest BCUT2D eigenvalue weighted by molar-refractivity contribution is 5.98. The van der Waals surface area contributed by atoms with Crippen molar-refractivity contribution in [1.82, 2.24) is 24.8 Å². The summed E-state index contributed by atoms with van der Waals surface area (Å²) in [6.45, 7) is 0.709. The molecule has 2 aromatic heterocycles. The van der Waals surface area contributed by atoms with E-state index in [0.717, 1.165) is 0 Å². The minimum atomic E-state index is -0.574. The number of carbonyl (C=O) groups excluding carboxylic acids is 1. The van der Waals surface area contributed by atoms with Crippen LogP contribution in [0.5, 0.6) is 0 Å². The number of para-hydroxylation sites is 1. The number of rotatable bonds is 6. The Bertz CT molecular complexity index is 894. The van der Waals surface area contributed by atoms with Crippen LogP contribution in [0, 0.1) is 10.1 Å². The molecule has 0 fully saturated rings. The lowest BCUT2D eigenvalue weighted by molar-refractivity contribution is -0.385. The number of aromatic nitrogens is 4. The van der Waals surface area contributed by atoms with Crippen molar-refractivity contribution in [1.29, 1.82) is 0 Å². The van der Waals surface area contributed by atoms with Crippen LogP contribution in [0.15, 0.2) is 55.1 Å². The molecule has 9 nitrogen and oxygen atoms in total. The van der Waals surface area contributed by atoms with Crippen LogP contribution in [0.4, 0.5) is 5.69 Å². The number of nitro benzene ring substituents is 1. The molecule has 25 heavy (non-hydrogen) atoms. The van der Waals surface area contributed by atoms with Crippen molar-refractivity contribution < 1.29 is 9.72 Å². The zero-order chi connectivity index (χ0) is 17.6. The summed E-state index contributed by atoms with van der Waals surface area (Å²) in [5, 5.41) is 13.7. The van der Waals surface area contributed by atoms with E-state index in [9.17, 15) is 14.9 Å². The molecular weight excluding hydrogens is 324 g/mol. The monoisotopic (exact) mass is 338 g/mol. The van der Waals surface area contributed by atoms with Crippen molar-refractivity contribution in [3.63, 3.8) is 0 Å². The minimum Gasteiger partial charge on any atom is -0.350 e. The number of nitrogens with one attached hydrogen (secondary N) is 1. The number of amides is 1. The molecule has 3 aromatic rings. The Kier molecular flexibility index (Phi) is 4.74. The van der Waals surface area contributed by atoms with Gasteiger partial charge in [-0.15, -0.1) is 0 Å². The van der Waals surface area contributed by atoms with E-state index in [1.165, 1.54) is 18.2 Å². The molecule has 0 aliphatic heterocycles. The summed E-state index contributed by atoms with van der Waals surface area (Å²) in [6, 6.07) is 7.54. The van der Waals surface area contributed by atoms with Crippen LogP contribution in [-0.2, 0) is 6.54 Å². The molecule has 0 saturated carbocycles. The molecule has 0 bridgehead atoms. The molecule has 9 heteroatoms. The van der Waals surface area contributed by atoms with E-state index < -0.39 is 10.8 Å². The second-order valence-electron chi connectivity index (χ2n) is 5.05. The Hall–Kier alpha value is -3.62. The molecule has 0 spiro atoms. The molecule has 0 unspecified atom stereocenters. The molecule has 1 aromatic carbocycles. The van der Waals surface area contributed by atoms with E-state index in [-0.39, 0.29) is 17.8 Å². The van der Waals surface area contributed by atoms with Gasteiger partial charge in [-0.05, 0) is 12.1 Å². The van der Waals surface area contributed by atoms with Crippen molar-refractivity contribution in [2.24, 2.45) is 0 Å². The summed E-state index contributed by atoms with van der Waals surface area (Å²) in [7, 11) is 0. The maximum absolute atomic E-state index is 12.2. The van der Waals surface area contributed by atoms with Gasteiger partial charge in [0, 0.05) is 43.9 Å². The topological polar surface area (TPSA) is 116 Å². The van der Waals surface area contributed by atoms with Crippen LogP contribution in [0.25, 0.3) is 11.6 Å². The molecule has 126 valence electrons. The predicted octanol–water partition coefficient (Wildman–Crippen LogP) is 1.68. The largest absolute Gasteiger partial charge is 0.350 e. The minimum absolute atomic E-state index is 0.0322. The predicted molar refractivity (Wildman–Crippen MR) is 88.7 cm³/mol. The summed E-state index contributed by atoms with van der Waals surface area (Å²) >= 11 is 0. The van der Waals surface area contributed by atoms with E-state index in [0.29, 0.717) is 18.2 Å². The quantitative estimate of drug-likeness (QED) is 0.540. The van der Waals surface area contributed by atoms with Crippen molar-refractivity contribution >= 4 is 11.6 Å². The Morgan fingerprint density at radius 2 is 1.88 bits per heavy atom. The van der Waals surface area contributed by atoms with Gasteiger partial charge in [0.05, 0.1) is 4.92 Å². The van der Waals surface area contributed by atoms with Gasteiger partial charge in [-0.25, -0.2) is 15.0 Å². The fourth-order valence-electron chi connectivity index (χ4n) is 2.32. The Balaban J connectivity index is 1.66. The molecule has 0 atom stereocenters. The van der Waals surface area contributed by atoms with E-state index in [1.807, 2.05) is 0 Å². The van der Waals surface area contributed by atoms with Crippen LogP contribution in [0.3, 0.4) is 0 Å². The van der Waals surface area contributed by atoms with Crippen molar-refractivity contribution in [2.75, 3.05) is 6.54 Å². The Morgan fingerprint density at radius 1 is 1.12 bits per heavy atom. The van der Waals surface area contributed by atoms with Crippen molar-refractivity contribution in [2.45, 2.75) is 6.54 Å². The fraction of sp³-hybridized carbons (Fsp3) is 0.125. The van der Waals surface area contributed by atoms with Gasteiger partial charge in [0.15, 0.2) is 11.6 Å². The van der Waals surface area contributed by atoms with Crippen LogP contribution in [0.2, 0.25) is 0 Å². The summed E-state index contributed by atoms with van der Waals surface area (Å²) < 4.78 is 1.80. The first-order valence-electron chi connectivity index (χ1n) is 7.47. The van der Waals surface area contributed by atoms with Crippen molar-refractivity contribution in [3.05, 3.63) is 70.8 Å².